The Bertz CT molecular complexity index is 530. The minimum atomic E-state index is -0.0757. The van der Waals surface area contributed by atoms with Gasteiger partial charge in [-0.25, -0.2) is 0 Å². The SMILES string of the molecule is CC(=O)SCC1CC(=O)N(c2ccc(C)cc2CO)C1. The smallest absolute Gasteiger partial charge is 0.227 e. The second kappa shape index (κ2) is 6.41. The van der Waals surface area contributed by atoms with Gasteiger partial charge >= 0.3 is 0 Å². The van der Waals surface area contributed by atoms with Gasteiger partial charge in [-0.2, -0.15) is 0 Å². The Hall–Kier alpha value is -1.33. The van der Waals surface area contributed by atoms with E-state index in [1.54, 1.807) is 11.8 Å². The van der Waals surface area contributed by atoms with E-state index in [9.17, 15) is 14.7 Å². The van der Waals surface area contributed by atoms with Gasteiger partial charge in [-0.15, -0.1) is 0 Å². The molecule has 2 rings (SSSR count). The molecule has 0 aromatic heterocycles. The lowest BCUT2D eigenvalue weighted by Gasteiger charge is -2.20. The van der Waals surface area contributed by atoms with Crippen LogP contribution in [0.2, 0.25) is 0 Å². The minimum absolute atomic E-state index is 0.0673. The van der Waals surface area contributed by atoms with Crippen LogP contribution in [-0.4, -0.2) is 28.4 Å². The molecule has 0 aliphatic carbocycles. The summed E-state index contributed by atoms with van der Waals surface area (Å²) in [6, 6.07) is 5.74. The van der Waals surface area contributed by atoms with Crippen LogP contribution < -0.4 is 4.90 Å². The molecule has 1 fully saturated rings. The first-order valence-electron chi connectivity index (χ1n) is 6.65. The van der Waals surface area contributed by atoms with Gasteiger partial charge in [-0.05, 0) is 18.9 Å². The molecule has 1 atom stereocenters. The van der Waals surface area contributed by atoms with Crippen molar-refractivity contribution in [1.29, 1.82) is 0 Å². The number of amides is 1. The number of rotatable bonds is 4. The van der Waals surface area contributed by atoms with Crippen LogP contribution in [0.4, 0.5) is 5.69 Å². The molecule has 1 saturated heterocycles. The average molecular weight is 293 g/mol. The van der Waals surface area contributed by atoms with Crippen LogP contribution in [0.1, 0.15) is 24.5 Å². The van der Waals surface area contributed by atoms with Gasteiger partial charge in [-0.3, -0.25) is 9.59 Å². The molecule has 1 heterocycles. The summed E-state index contributed by atoms with van der Waals surface area (Å²) in [4.78, 5) is 24.9. The van der Waals surface area contributed by atoms with Crippen molar-refractivity contribution in [2.24, 2.45) is 5.92 Å². The first-order chi connectivity index (χ1) is 9.51. The molecule has 0 bridgehead atoms. The molecule has 0 radical (unpaired) electrons. The summed E-state index contributed by atoms with van der Waals surface area (Å²) in [6.45, 7) is 4.05. The van der Waals surface area contributed by atoms with Crippen LogP contribution in [0.5, 0.6) is 0 Å². The zero-order valence-electron chi connectivity index (χ0n) is 11.8. The van der Waals surface area contributed by atoms with Crippen molar-refractivity contribution in [3.63, 3.8) is 0 Å². The predicted molar refractivity (Wildman–Crippen MR) is 80.7 cm³/mol. The zero-order valence-corrected chi connectivity index (χ0v) is 12.6. The largest absolute Gasteiger partial charge is 0.392 e. The molecule has 0 spiro atoms. The number of anilines is 1. The van der Waals surface area contributed by atoms with Crippen molar-refractivity contribution >= 4 is 28.5 Å². The lowest BCUT2D eigenvalue weighted by atomic mass is 10.1. The van der Waals surface area contributed by atoms with Crippen LogP contribution in [0.3, 0.4) is 0 Å². The van der Waals surface area contributed by atoms with E-state index in [1.807, 2.05) is 25.1 Å². The van der Waals surface area contributed by atoms with E-state index >= 15 is 0 Å². The summed E-state index contributed by atoms with van der Waals surface area (Å²) in [7, 11) is 0. The summed E-state index contributed by atoms with van der Waals surface area (Å²) in [5.41, 5.74) is 2.63. The van der Waals surface area contributed by atoms with Crippen LogP contribution in [0.15, 0.2) is 18.2 Å². The molecular formula is C15H19NO3S. The molecule has 1 unspecified atom stereocenters. The fourth-order valence-electron chi connectivity index (χ4n) is 2.47. The molecule has 20 heavy (non-hydrogen) atoms. The maximum absolute atomic E-state index is 12.1. The van der Waals surface area contributed by atoms with Crippen molar-refractivity contribution in [2.45, 2.75) is 26.9 Å². The van der Waals surface area contributed by atoms with Crippen molar-refractivity contribution in [3.05, 3.63) is 29.3 Å². The lowest BCUT2D eigenvalue weighted by Crippen LogP contribution is -2.26. The van der Waals surface area contributed by atoms with Gasteiger partial charge in [0.25, 0.3) is 0 Å². The fourth-order valence-corrected chi connectivity index (χ4v) is 3.16. The van der Waals surface area contributed by atoms with Crippen LogP contribution in [-0.2, 0) is 16.2 Å². The highest BCUT2D eigenvalue weighted by atomic mass is 32.2. The van der Waals surface area contributed by atoms with E-state index in [-0.39, 0.29) is 23.5 Å². The molecule has 1 aliphatic rings. The van der Waals surface area contributed by atoms with E-state index < -0.39 is 0 Å². The van der Waals surface area contributed by atoms with Crippen LogP contribution in [0, 0.1) is 12.8 Å². The number of thioether (sulfide) groups is 1. The van der Waals surface area contributed by atoms with E-state index in [1.165, 1.54) is 11.8 Å². The molecular weight excluding hydrogens is 274 g/mol. The van der Waals surface area contributed by atoms with E-state index in [0.717, 1.165) is 16.8 Å². The molecule has 1 N–H and O–H groups in total. The second-order valence-corrected chi connectivity index (χ2v) is 6.36. The first-order valence-corrected chi connectivity index (χ1v) is 7.64. The van der Waals surface area contributed by atoms with Crippen molar-refractivity contribution in [3.8, 4) is 0 Å². The number of hydrogen-bond acceptors (Lipinski definition) is 4. The lowest BCUT2D eigenvalue weighted by molar-refractivity contribution is -0.117. The Morgan fingerprint density at radius 2 is 2.25 bits per heavy atom. The van der Waals surface area contributed by atoms with Crippen molar-refractivity contribution in [1.82, 2.24) is 0 Å². The molecule has 5 heteroatoms. The van der Waals surface area contributed by atoms with Gasteiger partial charge in [0.15, 0.2) is 5.12 Å². The summed E-state index contributed by atoms with van der Waals surface area (Å²) in [5.74, 6) is 0.944. The monoisotopic (exact) mass is 293 g/mol. The van der Waals surface area contributed by atoms with Gasteiger partial charge in [0.1, 0.15) is 0 Å². The third kappa shape index (κ3) is 3.41. The molecule has 1 aromatic rings. The molecule has 1 aromatic carbocycles. The zero-order chi connectivity index (χ0) is 14.7. The Labute approximate surface area is 123 Å². The topological polar surface area (TPSA) is 57.6 Å². The number of hydrogen-bond donors (Lipinski definition) is 1. The normalized spacial score (nSPS) is 18.6. The van der Waals surface area contributed by atoms with Crippen LogP contribution in [0.25, 0.3) is 0 Å². The van der Waals surface area contributed by atoms with Crippen LogP contribution >= 0.6 is 11.8 Å². The van der Waals surface area contributed by atoms with E-state index in [0.29, 0.717) is 18.7 Å². The summed E-state index contributed by atoms with van der Waals surface area (Å²) in [5, 5.41) is 9.53. The number of aryl methyl sites for hydroxylation is 1. The Morgan fingerprint density at radius 1 is 1.50 bits per heavy atom. The number of aliphatic hydroxyl groups excluding tert-OH is 1. The first kappa shape index (κ1) is 15.1. The number of aliphatic hydroxyl groups is 1. The maximum atomic E-state index is 12.1. The average Bonchev–Trinajstić information content (AvgIpc) is 2.77. The molecule has 4 nitrogen and oxygen atoms in total. The maximum Gasteiger partial charge on any atom is 0.227 e. The quantitative estimate of drug-likeness (QED) is 0.924. The van der Waals surface area contributed by atoms with E-state index in [4.69, 9.17) is 0 Å². The second-order valence-electron chi connectivity index (χ2n) is 5.17. The highest BCUT2D eigenvalue weighted by Crippen LogP contribution is 2.30. The third-order valence-electron chi connectivity index (χ3n) is 3.42. The van der Waals surface area contributed by atoms with E-state index in [2.05, 4.69) is 0 Å². The molecule has 1 aliphatic heterocycles. The highest BCUT2D eigenvalue weighted by molar-refractivity contribution is 8.13. The van der Waals surface area contributed by atoms with Gasteiger partial charge in [0, 0.05) is 36.9 Å². The summed E-state index contributed by atoms with van der Waals surface area (Å²) >= 11 is 1.27. The number of benzene rings is 1. The molecule has 108 valence electrons. The molecule has 1 amide bonds. The number of nitrogens with zero attached hydrogens (tertiary/aromatic N) is 1. The summed E-state index contributed by atoms with van der Waals surface area (Å²) in [6.07, 6.45) is 0.471. The predicted octanol–water partition coefficient (Wildman–Crippen LogP) is 2.12. The van der Waals surface area contributed by atoms with Gasteiger partial charge in [-0.1, -0.05) is 29.5 Å². The van der Waals surface area contributed by atoms with Gasteiger partial charge < -0.3 is 10.0 Å². The summed E-state index contributed by atoms with van der Waals surface area (Å²) < 4.78 is 0. The Kier molecular flexibility index (Phi) is 4.83. The Morgan fingerprint density at radius 3 is 2.90 bits per heavy atom. The highest BCUT2D eigenvalue weighted by Gasteiger charge is 2.31. The standard InChI is InChI=1S/C15H19NO3S/c1-10-3-4-14(13(5-10)8-17)16-7-12(6-15(16)19)9-20-11(2)18/h3-5,12,17H,6-9H2,1-2H3. The molecule has 0 saturated carbocycles. The third-order valence-corrected chi connectivity index (χ3v) is 4.47. The van der Waals surface area contributed by atoms with Gasteiger partial charge in [0.05, 0.1) is 6.61 Å². The minimum Gasteiger partial charge on any atom is -0.392 e. The van der Waals surface area contributed by atoms with Crippen molar-refractivity contribution in [2.75, 3.05) is 17.2 Å². The number of carbonyl (C=O) groups excluding carboxylic acids is 2. The van der Waals surface area contributed by atoms with Crippen molar-refractivity contribution < 1.29 is 14.7 Å². The van der Waals surface area contributed by atoms with Gasteiger partial charge in [0.2, 0.25) is 5.91 Å². The fraction of sp³-hybridized carbons (Fsp3) is 0.467. The Balaban J connectivity index is 2.13. The number of carbonyl (C=O) groups is 2.